The zero-order valence-corrected chi connectivity index (χ0v) is 16.3. The van der Waals surface area contributed by atoms with Crippen molar-refractivity contribution in [2.75, 3.05) is 14.2 Å². The molecule has 7 N–H and O–H groups in total. The van der Waals surface area contributed by atoms with Crippen LogP contribution in [-0.2, 0) is 4.74 Å². The van der Waals surface area contributed by atoms with Crippen LogP contribution < -0.4 is 37.2 Å². The molecule has 0 aliphatic carbocycles. The summed E-state index contributed by atoms with van der Waals surface area (Å²) in [5.41, 5.74) is 4.43. The van der Waals surface area contributed by atoms with Crippen LogP contribution in [0.15, 0.2) is 34.4 Å². The molecular formula is C17H29N7O3. The Morgan fingerprint density at radius 1 is 1.15 bits per heavy atom. The van der Waals surface area contributed by atoms with E-state index in [1.807, 2.05) is 19.1 Å². The van der Waals surface area contributed by atoms with Gasteiger partial charge in [-0.2, -0.15) is 0 Å². The molecule has 1 aromatic rings. The second kappa shape index (κ2) is 9.51. The van der Waals surface area contributed by atoms with E-state index < -0.39 is 12.5 Å². The van der Waals surface area contributed by atoms with E-state index in [0.29, 0.717) is 11.5 Å². The van der Waals surface area contributed by atoms with E-state index in [-0.39, 0.29) is 12.0 Å². The molecule has 1 heterocycles. The molecule has 150 valence electrons. The van der Waals surface area contributed by atoms with Crippen LogP contribution in [0, 0.1) is 0 Å². The molecule has 10 heteroatoms. The molecule has 27 heavy (non-hydrogen) atoms. The molecule has 2 rings (SSSR count). The molecule has 0 spiro atoms. The van der Waals surface area contributed by atoms with Crippen LogP contribution in [0.25, 0.3) is 0 Å². The highest BCUT2D eigenvalue weighted by Gasteiger charge is 2.26. The number of hydrogen-bond donors (Lipinski definition) is 5. The van der Waals surface area contributed by atoms with E-state index in [9.17, 15) is 0 Å². The van der Waals surface area contributed by atoms with Crippen molar-refractivity contribution in [3.8, 4) is 11.5 Å². The summed E-state index contributed by atoms with van der Waals surface area (Å²) < 4.78 is 17.2. The van der Waals surface area contributed by atoms with Gasteiger partial charge in [-0.25, -0.2) is 5.43 Å². The molecule has 1 aromatic carbocycles. The fourth-order valence-electron chi connectivity index (χ4n) is 2.75. The van der Waals surface area contributed by atoms with Gasteiger partial charge in [0.1, 0.15) is 17.8 Å². The van der Waals surface area contributed by atoms with Gasteiger partial charge < -0.3 is 25.4 Å². The van der Waals surface area contributed by atoms with E-state index in [1.54, 1.807) is 20.4 Å². The lowest BCUT2D eigenvalue weighted by Gasteiger charge is -2.29. The monoisotopic (exact) mass is 379 g/mol. The van der Waals surface area contributed by atoms with Crippen LogP contribution >= 0.6 is 0 Å². The Labute approximate surface area is 159 Å². The Balaban J connectivity index is 2.45. The largest absolute Gasteiger partial charge is 0.496 e. The molecule has 0 fully saturated rings. The summed E-state index contributed by atoms with van der Waals surface area (Å²) in [6, 6.07) is 3.89. The average molecular weight is 379 g/mol. The Morgan fingerprint density at radius 2 is 1.85 bits per heavy atom. The quantitative estimate of drug-likeness (QED) is 0.259. The second-order valence-corrected chi connectivity index (χ2v) is 6.38. The van der Waals surface area contributed by atoms with Crippen molar-refractivity contribution in [2.45, 2.75) is 45.2 Å². The van der Waals surface area contributed by atoms with Gasteiger partial charge in [0.2, 0.25) is 0 Å². The van der Waals surface area contributed by atoms with E-state index in [0.717, 1.165) is 16.9 Å². The lowest BCUT2D eigenvalue weighted by molar-refractivity contribution is 0.116. The first-order valence-electron chi connectivity index (χ1n) is 8.65. The third kappa shape index (κ3) is 4.86. The highest BCUT2D eigenvalue weighted by molar-refractivity contribution is 5.49. The highest BCUT2D eigenvalue weighted by atomic mass is 16.5. The fourth-order valence-corrected chi connectivity index (χ4v) is 2.75. The fraction of sp³-hybridized carbons (Fsp3) is 0.529. The Kier molecular flexibility index (Phi) is 7.36. The second-order valence-electron chi connectivity index (χ2n) is 6.38. The van der Waals surface area contributed by atoms with Crippen LogP contribution in [0.2, 0.25) is 0 Å². The van der Waals surface area contributed by atoms with Crippen molar-refractivity contribution in [3.05, 3.63) is 35.2 Å². The number of ether oxygens (including phenoxy) is 3. The molecule has 0 amide bonds. The number of benzene rings is 1. The van der Waals surface area contributed by atoms with Crippen LogP contribution in [0.4, 0.5) is 0 Å². The average Bonchev–Trinajstić information content (AvgIpc) is 2.68. The maximum absolute atomic E-state index is 6.19. The molecule has 0 radical (unpaired) electrons. The summed E-state index contributed by atoms with van der Waals surface area (Å²) in [5, 5.41) is 13.4. The first-order chi connectivity index (χ1) is 12.9. The number of methoxy groups -OCH3 is 2. The third-order valence-electron chi connectivity index (χ3n) is 4.34. The summed E-state index contributed by atoms with van der Waals surface area (Å²) >= 11 is 0. The molecular weight excluding hydrogens is 350 g/mol. The van der Waals surface area contributed by atoms with E-state index in [4.69, 9.17) is 25.9 Å². The minimum absolute atomic E-state index is 0.162. The maximum Gasteiger partial charge on any atom is 0.185 e. The highest BCUT2D eigenvalue weighted by Crippen LogP contribution is 2.38. The van der Waals surface area contributed by atoms with Gasteiger partial charge in [0.15, 0.2) is 11.9 Å². The summed E-state index contributed by atoms with van der Waals surface area (Å²) in [4.78, 5) is 0. The first-order valence-corrected chi connectivity index (χ1v) is 8.65. The molecule has 0 aromatic heterocycles. The summed E-state index contributed by atoms with van der Waals surface area (Å²) in [6.45, 7) is 6.11. The van der Waals surface area contributed by atoms with Crippen LogP contribution in [0.5, 0.6) is 11.5 Å². The molecule has 0 saturated heterocycles. The molecule has 10 nitrogen and oxygen atoms in total. The predicted molar refractivity (Wildman–Crippen MR) is 101 cm³/mol. The number of nitrogens with one attached hydrogen (secondary N) is 3. The van der Waals surface area contributed by atoms with Crippen molar-refractivity contribution < 1.29 is 14.2 Å². The Bertz CT molecular complexity index is 693. The SMILES string of the molecule is COc1cc(C(C)C)c(OC2=CNC(NN)NC2N=NN)cc1C(C)OC. The van der Waals surface area contributed by atoms with Gasteiger partial charge in [-0.05, 0) is 25.0 Å². The van der Waals surface area contributed by atoms with Gasteiger partial charge in [0.25, 0.3) is 0 Å². The van der Waals surface area contributed by atoms with E-state index in [2.05, 4.69) is 40.2 Å². The van der Waals surface area contributed by atoms with Gasteiger partial charge in [-0.3, -0.25) is 11.2 Å². The number of hydrogen-bond acceptors (Lipinski definition) is 9. The Morgan fingerprint density at radius 3 is 2.41 bits per heavy atom. The van der Waals surface area contributed by atoms with Gasteiger partial charge in [0, 0.05) is 24.4 Å². The smallest absolute Gasteiger partial charge is 0.185 e. The molecule has 3 atom stereocenters. The lowest BCUT2D eigenvalue weighted by atomic mass is 9.97. The third-order valence-corrected chi connectivity index (χ3v) is 4.34. The first kappa shape index (κ1) is 20.9. The molecule has 0 bridgehead atoms. The summed E-state index contributed by atoms with van der Waals surface area (Å²) in [6.07, 6.45) is 0.527. The Hall–Kier alpha value is -2.40. The van der Waals surface area contributed by atoms with Crippen LogP contribution in [0.1, 0.15) is 43.9 Å². The molecule has 3 unspecified atom stereocenters. The zero-order chi connectivity index (χ0) is 20.0. The van der Waals surface area contributed by atoms with Crippen molar-refractivity contribution in [3.63, 3.8) is 0 Å². The molecule has 1 aliphatic rings. The summed E-state index contributed by atoms with van der Waals surface area (Å²) in [7, 11) is 3.29. The minimum Gasteiger partial charge on any atom is -0.496 e. The summed E-state index contributed by atoms with van der Waals surface area (Å²) in [5.74, 6) is 12.8. The molecule has 0 saturated carbocycles. The topological polar surface area (TPSA) is 141 Å². The van der Waals surface area contributed by atoms with Crippen LogP contribution in [0.3, 0.4) is 0 Å². The van der Waals surface area contributed by atoms with Gasteiger partial charge in [-0.15, -0.1) is 5.11 Å². The maximum atomic E-state index is 6.19. The lowest BCUT2D eigenvalue weighted by Crippen LogP contribution is -2.60. The number of rotatable bonds is 8. The number of hydrazine groups is 1. The zero-order valence-electron chi connectivity index (χ0n) is 16.3. The van der Waals surface area contributed by atoms with Crippen molar-refractivity contribution in [1.29, 1.82) is 0 Å². The normalized spacial score (nSPS) is 21.1. The van der Waals surface area contributed by atoms with Gasteiger partial charge in [-0.1, -0.05) is 19.1 Å². The van der Waals surface area contributed by atoms with Crippen molar-refractivity contribution in [1.82, 2.24) is 16.1 Å². The van der Waals surface area contributed by atoms with Crippen molar-refractivity contribution in [2.24, 2.45) is 22.0 Å². The minimum atomic E-state index is -0.595. The van der Waals surface area contributed by atoms with Gasteiger partial charge in [0.05, 0.1) is 13.2 Å². The van der Waals surface area contributed by atoms with E-state index in [1.165, 1.54) is 0 Å². The van der Waals surface area contributed by atoms with E-state index >= 15 is 0 Å². The number of nitrogens with two attached hydrogens (primary N) is 2. The predicted octanol–water partition coefficient (Wildman–Crippen LogP) is 1.34. The van der Waals surface area contributed by atoms with Crippen molar-refractivity contribution >= 4 is 0 Å². The van der Waals surface area contributed by atoms with Gasteiger partial charge >= 0.3 is 0 Å². The van der Waals surface area contributed by atoms with Crippen LogP contribution in [-0.4, -0.2) is 26.7 Å². The standard InChI is InChI=1S/C17H29N7O3/c1-9(2)11-6-13(26-5)12(10(3)25-4)7-14(11)27-15-8-20-17(22-18)21-16(15)23-24-19/h6-10,16-17,20-22H,18H2,1-5H3,(H2,19,23). The molecule has 1 aliphatic heterocycles. The number of nitrogens with zero attached hydrogens (tertiary/aromatic N) is 2.